The van der Waals surface area contributed by atoms with Crippen molar-refractivity contribution in [1.82, 2.24) is 8.75 Å². The third-order valence-electron chi connectivity index (χ3n) is 2.32. The van der Waals surface area contributed by atoms with Crippen LogP contribution in [0.3, 0.4) is 0 Å². The van der Waals surface area contributed by atoms with Crippen molar-refractivity contribution < 1.29 is 13.2 Å². The van der Waals surface area contributed by atoms with Crippen LogP contribution in [0.1, 0.15) is 13.3 Å². The summed E-state index contributed by atoms with van der Waals surface area (Å²) in [6, 6.07) is 2.03. The Balaban J connectivity index is 2.43. The Hall–Kier alpha value is -1.63. The maximum atomic E-state index is 13.6. The quantitative estimate of drug-likeness (QED) is 0.867. The first-order chi connectivity index (χ1) is 8.65. The van der Waals surface area contributed by atoms with E-state index in [2.05, 4.69) is 14.1 Å². The summed E-state index contributed by atoms with van der Waals surface area (Å²) in [7, 11) is 0. The number of benzene rings is 1. The average Bonchev–Trinajstić information content (AvgIpc) is 2.82. The first-order valence-electron chi connectivity index (χ1n) is 5.35. The van der Waals surface area contributed by atoms with Crippen molar-refractivity contribution in [1.29, 1.82) is 0 Å². The summed E-state index contributed by atoms with van der Waals surface area (Å²) < 4.78 is 47.5. The molecule has 2 aromatic rings. The monoisotopic (exact) mass is 273 g/mol. The van der Waals surface area contributed by atoms with Crippen molar-refractivity contribution in [2.45, 2.75) is 13.3 Å². The van der Waals surface area contributed by atoms with Crippen molar-refractivity contribution in [3.8, 4) is 11.3 Å². The maximum Gasteiger partial charge on any atom is 0.195 e. The van der Waals surface area contributed by atoms with Gasteiger partial charge >= 0.3 is 0 Å². The van der Waals surface area contributed by atoms with E-state index >= 15 is 0 Å². The molecule has 7 heteroatoms. The molecule has 0 aliphatic carbocycles. The first-order valence-corrected chi connectivity index (χ1v) is 6.08. The number of halogens is 3. The van der Waals surface area contributed by atoms with Crippen LogP contribution in [0.4, 0.5) is 19.0 Å². The fourth-order valence-electron chi connectivity index (χ4n) is 1.43. The van der Waals surface area contributed by atoms with Crippen LogP contribution in [0.5, 0.6) is 0 Å². The van der Waals surface area contributed by atoms with Gasteiger partial charge in [-0.3, -0.25) is 0 Å². The van der Waals surface area contributed by atoms with Gasteiger partial charge in [-0.2, -0.15) is 8.75 Å². The zero-order valence-electron chi connectivity index (χ0n) is 9.51. The van der Waals surface area contributed by atoms with Gasteiger partial charge in [-0.05, 0) is 18.6 Å². The summed E-state index contributed by atoms with van der Waals surface area (Å²) in [6.07, 6.45) is 0.858. The highest BCUT2D eigenvalue weighted by atomic mass is 32.1. The predicted molar refractivity (Wildman–Crippen MR) is 64.0 cm³/mol. The number of aromatic nitrogens is 2. The van der Waals surface area contributed by atoms with E-state index in [1.807, 2.05) is 6.92 Å². The van der Waals surface area contributed by atoms with E-state index < -0.39 is 17.5 Å². The summed E-state index contributed by atoms with van der Waals surface area (Å²) in [5.41, 5.74) is 0.103. The smallest absolute Gasteiger partial charge is 0.195 e. The molecule has 0 aliphatic rings. The second kappa shape index (κ2) is 5.34. The van der Waals surface area contributed by atoms with Crippen LogP contribution in [0.2, 0.25) is 0 Å². The van der Waals surface area contributed by atoms with Crippen molar-refractivity contribution in [2.75, 3.05) is 11.9 Å². The first kappa shape index (κ1) is 12.8. The van der Waals surface area contributed by atoms with Crippen LogP contribution >= 0.6 is 11.7 Å². The number of hydrogen-bond acceptors (Lipinski definition) is 4. The molecular weight excluding hydrogens is 263 g/mol. The van der Waals surface area contributed by atoms with Crippen LogP contribution in [0, 0.1) is 17.5 Å². The molecule has 18 heavy (non-hydrogen) atoms. The molecule has 0 amide bonds. The molecular formula is C11H10F3N3S. The topological polar surface area (TPSA) is 37.8 Å². The molecule has 0 saturated heterocycles. The highest BCUT2D eigenvalue weighted by Crippen LogP contribution is 2.30. The Morgan fingerprint density at radius 2 is 1.94 bits per heavy atom. The largest absolute Gasteiger partial charge is 0.367 e. The van der Waals surface area contributed by atoms with E-state index in [4.69, 9.17) is 0 Å². The van der Waals surface area contributed by atoms with Crippen LogP contribution in [-0.4, -0.2) is 15.3 Å². The molecule has 3 nitrogen and oxygen atoms in total. The Kier molecular flexibility index (Phi) is 3.81. The number of rotatable bonds is 4. The van der Waals surface area contributed by atoms with Gasteiger partial charge < -0.3 is 5.32 Å². The summed E-state index contributed by atoms with van der Waals surface area (Å²) in [5.74, 6) is -3.58. The highest BCUT2D eigenvalue weighted by Gasteiger charge is 2.19. The number of nitrogens with zero attached hydrogens (tertiary/aromatic N) is 2. The van der Waals surface area contributed by atoms with E-state index in [0.29, 0.717) is 12.4 Å². The zero-order chi connectivity index (χ0) is 13.1. The molecule has 1 aromatic carbocycles. The lowest BCUT2D eigenvalue weighted by atomic mass is 10.1. The Morgan fingerprint density at radius 1 is 1.17 bits per heavy atom. The van der Waals surface area contributed by atoms with Gasteiger partial charge in [0, 0.05) is 12.1 Å². The van der Waals surface area contributed by atoms with Crippen molar-refractivity contribution >= 4 is 17.5 Å². The normalized spacial score (nSPS) is 10.7. The van der Waals surface area contributed by atoms with Crippen LogP contribution in [0.25, 0.3) is 11.3 Å². The number of anilines is 1. The standard InChI is InChI=1S/C11H10F3N3S/c1-2-5-15-11-10(16-18-17-11)6-3-4-7(12)9(14)8(6)13/h3-4H,2,5H2,1H3,(H,15,17). The van der Waals surface area contributed by atoms with Gasteiger partial charge in [-0.15, -0.1) is 0 Å². The van der Waals surface area contributed by atoms with Crippen molar-refractivity contribution in [3.05, 3.63) is 29.6 Å². The molecule has 0 radical (unpaired) electrons. The molecule has 0 saturated carbocycles. The SMILES string of the molecule is CCCNc1nsnc1-c1ccc(F)c(F)c1F. The highest BCUT2D eigenvalue weighted by molar-refractivity contribution is 6.99. The van der Waals surface area contributed by atoms with Gasteiger partial charge in [0.15, 0.2) is 23.3 Å². The molecule has 0 spiro atoms. The Bertz CT molecular complexity index is 556. The lowest BCUT2D eigenvalue weighted by molar-refractivity contribution is 0.449. The van der Waals surface area contributed by atoms with Gasteiger partial charge in [0.05, 0.1) is 11.7 Å². The Morgan fingerprint density at radius 3 is 2.67 bits per heavy atom. The van der Waals surface area contributed by atoms with Gasteiger partial charge in [-0.1, -0.05) is 6.92 Å². The minimum absolute atomic E-state index is 0.0961. The second-order valence-corrected chi connectivity index (χ2v) is 4.14. The van der Waals surface area contributed by atoms with E-state index in [1.165, 1.54) is 0 Å². The molecule has 0 aliphatic heterocycles. The Labute approximate surface area is 106 Å². The lowest BCUT2D eigenvalue weighted by Crippen LogP contribution is -2.02. The molecule has 0 unspecified atom stereocenters. The summed E-state index contributed by atoms with van der Waals surface area (Å²) in [6.45, 7) is 2.61. The molecule has 0 fully saturated rings. The summed E-state index contributed by atoms with van der Waals surface area (Å²) >= 11 is 0.885. The molecule has 1 heterocycles. The fraction of sp³-hybridized carbons (Fsp3) is 0.273. The molecule has 0 bridgehead atoms. The number of hydrogen-bond donors (Lipinski definition) is 1. The van der Waals surface area contributed by atoms with E-state index in [1.54, 1.807) is 0 Å². The number of nitrogens with one attached hydrogen (secondary N) is 1. The molecule has 1 aromatic heterocycles. The molecule has 1 N–H and O–H groups in total. The minimum atomic E-state index is -1.50. The maximum absolute atomic E-state index is 13.6. The van der Waals surface area contributed by atoms with E-state index in [-0.39, 0.29) is 11.3 Å². The van der Waals surface area contributed by atoms with E-state index in [9.17, 15) is 13.2 Å². The third kappa shape index (κ3) is 2.31. The van der Waals surface area contributed by atoms with Gasteiger partial charge in [0.25, 0.3) is 0 Å². The zero-order valence-corrected chi connectivity index (χ0v) is 10.3. The van der Waals surface area contributed by atoms with Crippen LogP contribution in [-0.2, 0) is 0 Å². The van der Waals surface area contributed by atoms with E-state index in [0.717, 1.165) is 30.3 Å². The summed E-state index contributed by atoms with van der Waals surface area (Å²) in [4.78, 5) is 0. The minimum Gasteiger partial charge on any atom is -0.367 e. The predicted octanol–water partition coefficient (Wildman–Crippen LogP) is 3.44. The van der Waals surface area contributed by atoms with Gasteiger partial charge in [0.1, 0.15) is 5.69 Å². The third-order valence-corrected chi connectivity index (χ3v) is 2.85. The van der Waals surface area contributed by atoms with Gasteiger partial charge in [0.2, 0.25) is 0 Å². The van der Waals surface area contributed by atoms with Crippen LogP contribution < -0.4 is 5.32 Å². The van der Waals surface area contributed by atoms with Crippen LogP contribution in [0.15, 0.2) is 12.1 Å². The van der Waals surface area contributed by atoms with Gasteiger partial charge in [-0.25, -0.2) is 13.2 Å². The average molecular weight is 273 g/mol. The fourth-order valence-corrected chi connectivity index (χ4v) is 1.97. The summed E-state index contributed by atoms with van der Waals surface area (Å²) in [5, 5.41) is 2.96. The second-order valence-electron chi connectivity index (χ2n) is 3.61. The lowest BCUT2D eigenvalue weighted by Gasteiger charge is -2.05. The van der Waals surface area contributed by atoms with Crippen molar-refractivity contribution in [3.63, 3.8) is 0 Å². The van der Waals surface area contributed by atoms with Crippen molar-refractivity contribution in [2.24, 2.45) is 0 Å². The molecule has 0 atom stereocenters. The molecule has 2 rings (SSSR count). The molecule has 96 valence electrons.